The van der Waals surface area contributed by atoms with Crippen molar-refractivity contribution >= 4 is 17.3 Å². The molecular weight excluding hydrogens is 408 g/mol. The predicted octanol–water partition coefficient (Wildman–Crippen LogP) is 5.02. The van der Waals surface area contributed by atoms with Gasteiger partial charge >= 0.3 is 0 Å². The molecule has 32 heavy (non-hydrogen) atoms. The Hall–Kier alpha value is -4.46. The molecule has 8 heteroatoms. The molecule has 1 N–H and O–H groups in total. The fourth-order valence-electron chi connectivity index (χ4n) is 3.37. The van der Waals surface area contributed by atoms with Crippen LogP contribution in [0.15, 0.2) is 79.0 Å². The van der Waals surface area contributed by atoms with Crippen LogP contribution in [0.5, 0.6) is 5.75 Å². The highest BCUT2D eigenvalue weighted by Crippen LogP contribution is 2.32. The number of nitro groups is 1. The number of aryl methyl sites for hydroxylation is 1. The first-order valence-electron chi connectivity index (χ1n) is 9.83. The number of benzene rings is 3. The Kier molecular flexibility index (Phi) is 5.67. The number of carbonyl (C=O) groups excluding carboxylic acids is 1. The Morgan fingerprint density at radius 2 is 1.78 bits per heavy atom. The number of hydrogen-bond acceptors (Lipinski definition) is 5. The molecule has 0 aliphatic rings. The molecule has 0 unspecified atom stereocenters. The summed E-state index contributed by atoms with van der Waals surface area (Å²) in [5.74, 6) is 0.136. The number of para-hydroxylation sites is 2. The molecule has 0 saturated carbocycles. The third-order valence-electron chi connectivity index (χ3n) is 5.01. The van der Waals surface area contributed by atoms with Crippen LogP contribution in [0.2, 0.25) is 0 Å². The zero-order valence-electron chi connectivity index (χ0n) is 17.5. The zero-order valence-corrected chi connectivity index (χ0v) is 17.5. The summed E-state index contributed by atoms with van der Waals surface area (Å²) in [4.78, 5) is 24.0. The topological polar surface area (TPSA) is 99.3 Å². The average Bonchev–Trinajstić information content (AvgIpc) is 3.26. The van der Waals surface area contributed by atoms with Gasteiger partial charge in [-0.1, -0.05) is 36.4 Å². The minimum atomic E-state index is -0.474. The molecule has 3 aromatic carbocycles. The molecule has 1 aromatic heterocycles. The van der Waals surface area contributed by atoms with Crippen LogP contribution in [0.25, 0.3) is 16.9 Å². The summed E-state index contributed by atoms with van der Waals surface area (Å²) in [7, 11) is 1.55. The van der Waals surface area contributed by atoms with E-state index in [0.717, 1.165) is 5.69 Å². The minimum Gasteiger partial charge on any atom is -0.496 e. The van der Waals surface area contributed by atoms with Gasteiger partial charge in [-0.05, 0) is 37.3 Å². The highest BCUT2D eigenvalue weighted by molar-refractivity contribution is 6.08. The number of carbonyl (C=O) groups is 1. The van der Waals surface area contributed by atoms with Crippen LogP contribution in [-0.2, 0) is 0 Å². The van der Waals surface area contributed by atoms with Gasteiger partial charge in [0.05, 0.1) is 23.3 Å². The van der Waals surface area contributed by atoms with E-state index >= 15 is 0 Å². The summed E-state index contributed by atoms with van der Waals surface area (Å²) in [6.07, 6.45) is 1.63. The molecule has 0 atom stereocenters. The highest BCUT2D eigenvalue weighted by Gasteiger charge is 2.22. The van der Waals surface area contributed by atoms with Crippen molar-refractivity contribution in [3.63, 3.8) is 0 Å². The van der Waals surface area contributed by atoms with Gasteiger partial charge in [-0.3, -0.25) is 14.9 Å². The summed E-state index contributed by atoms with van der Waals surface area (Å²) < 4.78 is 7.09. The number of ether oxygens (including phenoxy) is 1. The van der Waals surface area contributed by atoms with Crippen molar-refractivity contribution in [2.75, 3.05) is 12.4 Å². The third-order valence-corrected chi connectivity index (χ3v) is 5.01. The van der Waals surface area contributed by atoms with E-state index in [1.807, 2.05) is 48.5 Å². The second-order valence-corrected chi connectivity index (χ2v) is 7.08. The third kappa shape index (κ3) is 4.06. The van der Waals surface area contributed by atoms with Gasteiger partial charge < -0.3 is 10.1 Å². The molecule has 0 aliphatic carbocycles. The molecule has 160 valence electrons. The lowest BCUT2D eigenvalue weighted by molar-refractivity contribution is -0.385. The number of methoxy groups -OCH3 is 1. The molecule has 4 aromatic rings. The van der Waals surface area contributed by atoms with E-state index in [-0.39, 0.29) is 5.69 Å². The minimum absolute atomic E-state index is 0.0623. The van der Waals surface area contributed by atoms with Crippen LogP contribution in [0.3, 0.4) is 0 Å². The average molecular weight is 428 g/mol. The van der Waals surface area contributed by atoms with Crippen molar-refractivity contribution in [1.82, 2.24) is 9.78 Å². The van der Waals surface area contributed by atoms with Gasteiger partial charge in [0.1, 0.15) is 11.4 Å². The molecule has 0 spiro atoms. The maximum Gasteiger partial charge on any atom is 0.274 e. The zero-order chi connectivity index (χ0) is 22.7. The lowest BCUT2D eigenvalue weighted by atomic mass is 10.1. The van der Waals surface area contributed by atoms with Gasteiger partial charge in [-0.2, -0.15) is 5.10 Å². The Morgan fingerprint density at radius 3 is 2.50 bits per heavy atom. The van der Waals surface area contributed by atoms with Crippen LogP contribution >= 0.6 is 0 Å². The highest BCUT2D eigenvalue weighted by atomic mass is 16.6. The van der Waals surface area contributed by atoms with E-state index in [1.54, 1.807) is 43.1 Å². The fourth-order valence-corrected chi connectivity index (χ4v) is 3.37. The summed E-state index contributed by atoms with van der Waals surface area (Å²) in [5, 5.41) is 18.7. The maximum atomic E-state index is 13.2. The number of anilines is 1. The van der Waals surface area contributed by atoms with E-state index in [2.05, 4.69) is 10.4 Å². The Balaban J connectivity index is 1.78. The molecule has 0 fully saturated rings. The van der Waals surface area contributed by atoms with E-state index in [4.69, 9.17) is 4.74 Å². The first-order chi connectivity index (χ1) is 15.5. The summed E-state index contributed by atoms with van der Waals surface area (Å²) in [5.41, 5.74) is 2.96. The lowest BCUT2D eigenvalue weighted by Gasteiger charge is -2.09. The van der Waals surface area contributed by atoms with E-state index < -0.39 is 10.8 Å². The van der Waals surface area contributed by atoms with Crippen LogP contribution in [-0.4, -0.2) is 27.7 Å². The van der Waals surface area contributed by atoms with E-state index in [0.29, 0.717) is 33.8 Å². The first kappa shape index (κ1) is 20.8. The molecule has 0 saturated heterocycles. The fraction of sp³-hybridized carbons (Fsp3) is 0.0833. The second kappa shape index (κ2) is 8.73. The van der Waals surface area contributed by atoms with Gasteiger partial charge in [0, 0.05) is 29.1 Å². The molecule has 0 radical (unpaired) electrons. The number of nitro benzene ring substituents is 1. The first-order valence-corrected chi connectivity index (χ1v) is 9.83. The second-order valence-electron chi connectivity index (χ2n) is 7.08. The van der Waals surface area contributed by atoms with Crippen molar-refractivity contribution in [2.45, 2.75) is 6.92 Å². The number of nitrogens with one attached hydrogen (secondary N) is 1. The summed E-state index contributed by atoms with van der Waals surface area (Å²) in [6, 6.07) is 21.3. The molecule has 8 nitrogen and oxygen atoms in total. The van der Waals surface area contributed by atoms with Gasteiger partial charge in [-0.25, -0.2) is 4.68 Å². The molecular formula is C24H20N4O4. The number of aromatic nitrogens is 2. The molecule has 0 aliphatic heterocycles. The van der Waals surface area contributed by atoms with Crippen molar-refractivity contribution in [1.29, 1.82) is 0 Å². The van der Waals surface area contributed by atoms with Gasteiger partial charge in [-0.15, -0.1) is 0 Å². The maximum absolute atomic E-state index is 13.2. The van der Waals surface area contributed by atoms with Crippen LogP contribution in [0, 0.1) is 17.0 Å². The molecule has 0 bridgehead atoms. The van der Waals surface area contributed by atoms with Gasteiger partial charge in [0.15, 0.2) is 0 Å². The Morgan fingerprint density at radius 1 is 1.06 bits per heavy atom. The van der Waals surface area contributed by atoms with Crippen molar-refractivity contribution in [3.8, 4) is 22.7 Å². The van der Waals surface area contributed by atoms with Crippen LogP contribution in [0.1, 0.15) is 15.9 Å². The Bertz CT molecular complexity index is 1300. The van der Waals surface area contributed by atoms with E-state index in [1.165, 1.54) is 6.07 Å². The van der Waals surface area contributed by atoms with Crippen molar-refractivity contribution in [3.05, 3.63) is 100 Å². The van der Waals surface area contributed by atoms with E-state index in [9.17, 15) is 14.9 Å². The summed E-state index contributed by atoms with van der Waals surface area (Å²) in [6.45, 7) is 1.65. The van der Waals surface area contributed by atoms with Gasteiger partial charge in [0.25, 0.3) is 11.6 Å². The standard InChI is InChI=1S/C24H20N4O4/c1-16-12-13-17(14-21(16)28(30)31)25-24(29)20-15-27(18-8-4-3-5-9-18)26-23(20)19-10-6-7-11-22(19)32-2/h3-15H,1-2H3,(H,25,29). The number of amides is 1. The number of hydrogen-bond donors (Lipinski definition) is 1. The smallest absolute Gasteiger partial charge is 0.274 e. The summed E-state index contributed by atoms with van der Waals surface area (Å²) >= 11 is 0. The molecule has 1 heterocycles. The lowest BCUT2D eigenvalue weighted by Crippen LogP contribution is -2.12. The predicted molar refractivity (Wildman–Crippen MR) is 121 cm³/mol. The van der Waals surface area contributed by atoms with Crippen LogP contribution < -0.4 is 10.1 Å². The molecule has 4 rings (SSSR count). The normalized spacial score (nSPS) is 10.6. The van der Waals surface area contributed by atoms with Crippen LogP contribution in [0.4, 0.5) is 11.4 Å². The number of nitrogens with zero attached hydrogens (tertiary/aromatic N) is 3. The van der Waals surface area contributed by atoms with Gasteiger partial charge in [0.2, 0.25) is 0 Å². The molecule has 1 amide bonds. The SMILES string of the molecule is COc1ccccc1-c1nn(-c2ccccc2)cc1C(=O)Nc1ccc(C)c([N+](=O)[O-])c1. The quantitative estimate of drug-likeness (QED) is 0.343. The van der Waals surface area contributed by atoms with Crippen molar-refractivity contribution < 1.29 is 14.5 Å². The Labute approximate surface area is 184 Å². The largest absolute Gasteiger partial charge is 0.496 e. The van der Waals surface area contributed by atoms with Crippen molar-refractivity contribution in [2.24, 2.45) is 0 Å². The monoisotopic (exact) mass is 428 g/mol. The number of rotatable bonds is 6.